The summed E-state index contributed by atoms with van der Waals surface area (Å²) in [5.74, 6) is 1.19. The van der Waals surface area contributed by atoms with Crippen molar-refractivity contribution >= 4 is 28.5 Å². The molecule has 140 valence electrons. The first-order valence-corrected chi connectivity index (χ1v) is 9.47. The molecule has 0 saturated carbocycles. The molecule has 0 bridgehead atoms. The van der Waals surface area contributed by atoms with Crippen molar-refractivity contribution in [1.82, 2.24) is 14.5 Å². The van der Waals surface area contributed by atoms with Crippen LogP contribution < -0.4 is 0 Å². The third-order valence-corrected chi connectivity index (χ3v) is 4.59. The monoisotopic (exact) mass is 381 g/mol. The molecule has 0 unspecified atom stereocenters. The van der Waals surface area contributed by atoms with E-state index < -0.39 is 0 Å². The number of carbonyl (C=O) groups excluding carboxylic acids is 1. The van der Waals surface area contributed by atoms with E-state index in [1.54, 1.807) is 24.3 Å². The smallest absolute Gasteiger partial charge is 0.254 e. The molecule has 0 aliphatic heterocycles. The van der Waals surface area contributed by atoms with E-state index in [9.17, 15) is 4.79 Å². The van der Waals surface area contributed by atoms with Gasteiger partial charge in [0.15, 0.2) is 0 Å². The number of aromatic nitrogens is 2. The summed E-state index contributed by atoms with van der Waals surface area (Å²) in [5.41, 5.74) is 2.61. The Morgan fingerprint density at radius 3 is 2.59 bits per heavy atom. The Hall–Kier alpha value is -2.59. The van der Waals surface area contributed by atoms with E-state index in [-0.39, 0.29) is 5.91 Å². The summed E-state index contributed by atoms with van der Waals surface area (Å²) in [6, 6.07) is 15.0. The topological polar surface area (TPSA) is 38.1 Å². The van der Waals surface area contributed by atoms with E-state index in [0.29, 0.717) is 36.1 Å². The molecule has 2 aromatic carbocycles. The molecule has 0 N–H and O–H groups in total. The summed E-state index contributed by atoms with van der Waals surface area (Å²) in [5, 5.41) is 0.620. The van der Waals surface area contributed by atoms with Gasteiger partial charge >= 0.3 is 0 Å². The zero-order chi connectivity index (χ0) is 19.4. The standard InChI is InChI=1S/C22H24ClN3O/c1-4-13-26-20-8-6-5-7-19(20)24-21(26)15-25(14-16(2)3)22(27)17-9-11-18(23)12-10-17/h4-12,16H,1,13-15H2,2-3H3. The molecule has 0 aliphatic carbocycles. The second-order valence-electron chi connectivity index (χ2n) is 7.00. The maximum atomic E-state index is 13.1. The van der Waals surface area contributed by atoms with Gasteiger partial charge in [-0.15, -0.1) is 6.58 Å². The molecule has 3 rings (SSSR count). The number of carbonyl (C=O) groups is 1. The van der Waals surface area contributed by atoms with E-state index in [1.165, 1.54) is 0 Å². The molecule has 4 nitrogen and oxygen atoms in total. The van der Waals surface area contributed by atoms with Crippen LogP contribution in [-0.4, -0.2) is 26.9 Å². The number of nitrogens with zero attached hydrogens (tertiary/aromatic N) is 3. The molecule has 1 aromatic heterocycles. The second kappa shape index (κ2) is 8.40. The fourth-order valence-electron chi connectivity index (χ4n) is 3.18. The lowest BCUT2D eigenvalue weighted by Crippen LogP contribution is -2.34. The summed E-state index contributed by atoms with van der Waals surface area (Å²) in [6.45, 7) is 9.82. The van der Waals surface area contributed by atoms with Gasteiger partial charge in [0.1, 0.15) is 5.82 Å². The van der Waals surface area contributed by atoms with Crippen molar-refractivity contribution in [1.29, 1.82) is 0 Å². The molecule has 0 spiro atoms. The first-order valence-electron chi connectivity index (χ1n) is 9.09. The van der Waals surface area contributed by atoms with Crippen molar-refractivity contribution in [3.8, 4) is 0 Å². The third kappa shape index (κ3) is 4.40. The van der Waals surface area contributed by atoms with Gasteiger partial charge in [-0.2, -0.15) is 0 Å². The van der Waals surface area contributed by atoms with Crippen molar-refractivity contribution in [2.75, 3.05) is 6.54 Å². The number of para-hydroxylation sites is 2. The number of hydrogen-bond donors (Lipinski definition) is 0. The van der Waals surface area contributed by atoms with Crippen molar-refractivity contribution in [2.24, 2.45) is 5.92 Å². The Kier molecular flexibility index (Phi) is 5.97. The van der Waals surface area contributed by atoms with Crippen LogP contribution in [0.2, 0.25) is 5.02 Å². The average Bonchev–Trinajstić information content (AvgIpc) is 2.99. The minimum absolute atomic E-state index is 0.0161. The van der Waals surface area contributed by atoms with Gasteiger partial charge in [0.05, 0.1) is 17.6 Å². The fraction of sp³-hybridized carbons (Fsp3) is 0.273. The summed E-state index contributed by atoms with van der Waals surface area (Å²) < 4.78 is 2.12. The van der Waals surface area contributed by atoms with Crippen molar-refractivity contribution in [3.05, 3.63) is 77.6 Å². The molecule has 27 heavy (non-hydrogen) atoms. The number of hydrogen-bond acceptors (Lipinski definition) is 2. The number of imidazole rings is 1. The van der Waals surface area contributed by atoms with Crippen LogP contribution in [0.3, 0.4) is 0 Å². The molecular formula is C22H24ClN3O. The van der Waals surface area contributed by atoms with Gasteiger partial charge in [0, 0.05) is 23.7 Å². The summed E-state index contributed by atoms with van der Waals surface area (Å²) >= 11 is 5.96. The first kappa shape index (κ1) is 19.2. The molecule has 0 atom stereocenters. The number of fused-ring (bicyclic) bond motifs is 1. The van der Waals surface area contributed by atoms with Crippen LogP contribution in [-0.2, 0) is 13.1 Å². The largest absolute Gasteiger partial charge is 0.331 e. The van der Waals surface area contributed by atoms with Gasteiger partial charge in [0.2, 0.25) is 0 Å². The Balaban J connectivity index is 1.96. The van der Waals surface area contributed by atoms with Crippen molar-refractivity contribution in [2.45, 2.75) is 26.9 Å². The molecule has 1 heterocycles. The lowest BCUT2D eigenvalue weighted by molar-refractivity contribution is 0.0716. The molecule has 0 saturated heterocycles. The zero-order valence-electron chi connectivity index (χ0n) is 15.7. The highest BCUT2D eigenvalue weighted by molar-refractivity contribution is 6.30. The second-order valence-corrected chi connectivity index (χ2v) is 7.44. The van der Waals surface area contributed by atoms with E-state index in [4.69, 9.17) is 16.6 Å². The Labute approximate surface area is 165 Å². The van der Waals surface area contributed by atoms with Crippen LogP contribution >= 0.6 is 11.6 Å². The predicted molar refractivity (Wildman–Crippen MR) is 111 cm³/mol. The van der Waals surface area contributed by atoms with E-state index in [1.807, 2.05) is 35.2 Å². The first-order chi connectivity index (χ1) is 13.0. The molecule has 1 amide bonds. The Bertz CT molecular complexity index is 944. The zero-order valence-corrected chi connectivity index (χ0v) is 16.5. The Morgan fingerprint density at radius 1 is 1.22 bits per heavy atom. The third-order valence-electron chi connectivity index (χ3n) is 4.34. The number of amides is 1. The van der Waals surface area contributed by atoms with Gasteiger partial charge in [-0.3, -0.25) is 4.79 Å². The highest BCUT2D eigenvalue weighted by Gasteiger charge is 2.20. The van der Waals surface area contributed by atoms with Crippen LogP contribution in [0.5, 0.6) is 0 Å². The highest BCUT2D eigenvalue weighted by atomic mass is 35.5. The quantitative estimate of drug-likeness (QED) is 0.529. The lowest BCUT2D eigenvalue weighted by Gasteiger charge is -2.25. The van der Waals surface area contributed by atoms with Crippen molar-refractivity contribution < 1.29 is 4.79 Å². The van der Waals surface area contributed by atoms with E-state index in [2.05, 4.69) is 25.0 Å². The molecule has 0 fully saturated rings. The minimum atomic E-state index is -0.0161. The van der Waals surface area contributed by atoms with Crippen LogP contribution in [0.25, 0.3) is 11.0 Å². The van der Waals surface area contributed by atoms with Crippen molar-refractivity contribution in [3.63, 3.8) is 0 Å². The maximum absolute atomic E-state index is 13.1. The summed E-state index contributed by atoms with van der Waals surface area (Å²) in [4.78, 5) is 19.7. The number of allylic oxidation sites excluding steroid dienone is 1. The minimum Gasteiger partial charge on any atom is -0.331 e. The lowest BCUT2D eigenvalue weighted by atomic mass is 10.1. The molecule has 0 radical (unpaired) electrons. The highest BCUT2D eigenvalue weighted by Crippen LogP contribution is 2.20. The molecule has 5 heteroatoms. The van der Waals surface area contributed by atoms with Gasteiger partial charge in [-0.05, 0) is 42.3 Å². The molecule has 0 aliphatic rings. The van der Waals surface area contributed by atoms with Gasteiger partial charge in [-0.1, -0.05) is 43.7 Å². The van der Waals surface area contributed by atoms with Gasteiger partial charge < -0.3 is 9.47 Å². The SMILES string of the molecule is C=CCn1c(CN(CC(C)C)C(=O)c2ccc(Cl)cc2)nc2ccccc21. The maximum Gasteiger partial charge on any atom is 0.254 e. The number of benzene rings is 2. The number of rotatable bonds is 7. The van der Waals surface area contributed by atoms with Crippen LogP contribution in [0.4, 0.5) is 0 Å². The summed E-state index contributed by atoms with van der Waals surface area (Å²) in [6.07, 6.45) is 1.85. The molecule has 3 aromatic rings. The van der Waals surface area contributed by atoms with Crippen LogP contribution in [0.15, 0.2) is 61.2 Å². The van der Waals surface area contributed by atoms with Gasteiger partial charge in [-0.25, -0.2) is 4.98 Å². The van der Waals surface area contributed by atoms with Crippen LogP contribution in [0, 0.1) is 5.92 Å². The average molecular weight is 382 g/mol. The molecular weight excluding hydrogens is 358 g/mol. The summed E-state index contributed by atoms with van der Waals surface area (Å²) in [7, 11) is 0. The van der Waals surface area contributed by atoms with Crippen LogP contribution in [0.1, 0.15) is 30.0 Å². The Morgan fingerprint density at radius 2 is 1.93 bits per heavy atom. The van der Waals surface area contributed by atoms with E-state index in [0.717, 1.165) is 16.9 Å². The van der Waals surface area contributed by atoms with Gasteiger partial charge in [0.25, 0.3) is 5.91 Å². The van der Waals surface area contributed by atoms with E-state index >= 15 is 0 Å². The predicted octanol–water partition coefficient (Wildman–Crippen LogP) is 5.17. The number of halogens is 1. The normalized spacial score (nSPS) is 11.1. The fourth-order valence-corrected chi connectivity index (χ4v) is 3.31.